The van der Waals surface area contributed by atoms with Gasteiger partial charge in [0.1, 0.15) is 0 Å². The molecule has 1 aromatic heterocycles. The van der Waals surface area contributed by atoms with Gasteiger partial charge in [0.15, 0.2) is 0 Å². The van der Waals surface area contributed by atoms with Crippen molar-refractivity contribution in [2.24, 2.45) is 5.92 Å². The van der Waals surface area contributed by atoms with Crippen LogP contribution in [0.5, 0.6) is 0 Å². The average Bonchev–Trinajstić information content (AvgIpc) is 2.86. The van der Waals surface area contributed by atoms with Gasteiger partial charge in [-0.1, -0.05) is 0 Å². The zero-order chi connectivity index (χ0) is 12.7. The number of likely N-dealkylation sites (tertiary alicyclic amines) is 1. The fourth-order valence-corrected chi connectivity index (χ4v) is 2.79. The highest BCUT2D eigenvalue weighted by Crippen LogP contribution is 2.26. The van der Waals surface area contributed by atoms with Crippen LogP contribution < -0.4 is 0 Å². The van der Waals surface area contributed by atoms with Crippen molar-refractivity contribution in [2.75, 3.05) is 26.3 Å². The molecule has 2 aliphatic heterocycles. The van der Waals surface area contributed by atoms with Gasteiger partial charge in [-0.25, -0.2) is 0 Å². The highest BCUT2D eigenvalue weighted by molar-refractivity contribution is 5.80. The molecule has 1 unspecified atom stereocenters. The first-order valence-corrected chi connectivity index (χ1v) is 6.54. The van der Waals surface area contributed by atoms with E-state index in [1.807, 2.05) is 16.5 Å². The molecule has 2 fully saturated rings. The molecular weight excluding hydrogens is 230 g/mol. The molecule has 1 atom stereocenters. The Hall–Kier alpha value is -1.36. The van der Waals surface area contributed by atoms with E-state index < -0.39 is 0 Å². The highest BCUT2D eigenvalue weighted by Gasteiger charge is 2.37. The third-order valence-corrected chi connectivity index (χ3v) is 3.84. The van der Waals surface area contributed by atoms with Gasteiger partial charge in [0.05, 0.1) is 24.3 Å². The summed E-state index contributed by atoms with van der Waals surface area (Å²) in [6.45, 7) is 6.97. The summed E-state index contributed by atoms with van der Waals surface area (Å²) in [7, 11) is 0. The second-order valence-electron chi connectivity index (χ2n) is 5.33. The van der Waals surface area contributed by atoms with Gasteiger partial charge < -0.3 is 9.64 Å². The van der Waals surface area contributed by atoms with Crippen molar-refractivity contribution in [2.45, 2.75) is 26.3 Å². The molecular formula is C13H19N3O2. The molecule has 3 heterocycles. The van der Waals surface area contributed by atoms with Gasteiger partial charge >= 0.3 is 0 Å². The Balaban J connectivity index is 1.59. The minimum atomic E-state index is 0.0893. The van der Waals surface area contributed by atoms with Crippen LogP contribution in [-0.2, 0) is 9.53 Å². The predicted molar refractivity (Wildman–Crippen MR) is 66.2 cm³/mol. The molecule has 0 bridgehead atoms. The Labute approximate surface area is 107 Å². The Morgan fingerprint density at radius 1 is 1.44 bits per heavy atom. The summed E-state index contributed by atoms with van der Waals surface area (Å²) in [5.74, 6) is 0.344. The molecule has 0 saturated carbocycles. The number of amides is 1. The SMILES string of the molecule is Cc1cc(C)n(C2CN(C(=O)C3CCOC3)C2)n1. The van der Waals surface area contributed by atoms with Gasteiger partial charge in [-0.05, 0) is 26.3 Å². The number of hydrogen-bond donors (Lipinski definition) is 0. The van der Waals surface area contributed by atoms with Crippen molar-refractivity contribution in [3.05, 3.63) is 17.5 Å². The summed E-state index contributed by atoms with van der Waals surface area (Å²) in [5, 5.41) is 4.48. The van der Waals surface area contributed by atoms with E-state index in [2.05, 4.69) is 18.1 Å². The summed E-state index contributed by atoms with van der Waals surface area (Å²) in [5.41, 5.74) is 2.22. The lowest BCUT2D eigenvalue weighted by atomic mass is 10.0. The Morgan fingerprint density at radius 3 is 2.78 bits per heavy atom. The molecule has 0 N–H and O–H groups in total. The van der Waals surface area contributed by atoms with Crippen molar-refractivity contribution >= 4 is 5.91 Å². The predicted octanol–water partition coefficient (Wildman–Crippen LogP) is 0.920. The fourth-order valence-electron chi connectivity index (χ4n) is 2.79. The Kier molecular flexibility index (Phi) is 2.86. The van der Waals surface area contributed by atoms with Gasteiger partial charge in [0.25, 0.3) is 0 Å². The van der Waals surface area contributed by atoms with E-state index in [0.29, 0.717) is 12.6 Å². The quantitative estimate of drug-likeness (QED) is 0.783. The van der Waals surface area contributed by atoms with E-state index in [-0.39, 0.29) is 11.8 Å². The van der Waals surface area contributed by atoms with Crippen LogP contribution in [0.4, 0.5) is 0 Å². The molecule has 3 rings (SSSR count). The Bertz CT molecular complexity index is 457. The normalized spacial score (nSPS) is 24.3. The van der Waals surface area contributed by atoms with E-state index in [1.165, 1.54) is 5.69 Å². The number of rotatable bonds is 2. The molecule has 5 nitrogen and oxygen atoms in total. The number of aryl methyl sites for hydroxylation is 2. The van der Waals surface area contributed by atoms with Crippen LogP contribution >= 0.6 is 0 Å². The largest absolute Gasteiger partial charge is 0.381 e. The van der Waals surface area contributed by atoms with Crippen LogP contribution in [0.15, 0.2) is 6.07 Å². The van der Waals surface area contributed by atoms with Crippen LogP contribution in [0, 0.1) is 19.8 Å². The summed E-state index contributed by atoms with van der Waals surface area (Å²) >= 11 is 0. The van der Waals surface area contributed by atoms with Crippen molar-refractivity contribution in [3.8, 4) is 0 Å². The van der Waals surface area contributed by atoms with E-state index in [4.69, 9.17) is 4.74 Å². The smallest absolute Gasteiger partial charge is 0.228 e. The van der Waals surface area contributed by atoms with Gasteiger partial charge in [-0.2, -0.15) is 5.10 Å². The number of aromatic nitrogens is 2. The molecule has 0 radical (unpaired) electrons. The summed E-state index contributed by atoms with van der Waals surface area (Å²) in [6.07, 6.45) is 0.875. The first-order chi connectivity index (χ1) is 8.65. The van der Waals surface area contributed by atoms with Crippen LogP contribution in [0.1, 0.15) is 23.9 Å². The van der Waals surface area contributed by atoms with Gasteiger partial charge in [-0.15, -0.1) is 0 Å². The molecule has 0 spiro atoms. The van der Waals surface area contributed by atoms with Crippen molar-refractivity contribution < 1.29 is 9.53 Å². The topological polar surface area (TPSA) is 47.4 Å². The second kappa shape index (κ2) is 4.39. The van der Waals surface area contributed by atoms with Crippen LogP contribution in [-0.4, -0.2) is 46.9 Å². The lowest BCUT2D eigenvalue weighted by molar-refractivity contribution is -0.141. The number of nitrogens with zero attached hydrogens (tertiary/aromatic N) is 3. The lowest BCUT2D eigenvalue weighted by Gasteiger charge is -2.40. The molecule has 0 aromatic carbocycles. The fraction of sp³-hybridized carbons (Fsp3) is 0.692. The third kappa shape index (κ3) is 1.92. The van der Waals surface area contributed by atoms with Crippen LogP contribution in [0.2, 0.25) is 0 Å². The van der Waals surface area contributed by atoms with E-state index in [9.17, 15) is 4.79 Å². The standard InChI is InChI=1S/C13H19N3O2/c1-9-5-10(2)16(14-9)12-6-15(7-12)13(17)11-3-4-18-8-11/h5,11-12H,3-4,6-8H2,1-2H3. The van der Waals surface area contributed by atoms with Crippen molar-refractivity contribution in [3.63, 3.8) is 0 Å². The molecule has 1 amide bonds. The summed E-state index contributed by atoms with van der Waals surface area (Å²) in [4.78, 5) is 14.0. The highest BCUT2D eigenvalue weighted by atomic mass is 16.5. The first kappa shape index (κ1) is 11.7. The van der Waals surface area contributed by atoms with Gasteiger partial charge in [0, 0.05) is 25.4 Å². The summed E-state index contributed by atoms with van der Waals surface area (Å²) < 4.78 is 7.31. The first-order valence-electron chi connectivity index (χ1n) is 6.54. The lowest BCUT2D eigenvalue weighted by Crippen LogP contribution is -2.53. The molecule has 2 saturated heterocycles. The molecule has 1 aromatic rings. The number of ether oxygens (including phenoxy) is 1. The molecule has 0 aliphatic carbocycles. The molecule has 18 heavy (non-hydrogen) atoms. The van der Waals surface area contributed by atoms with E-state index >= 15 is 0 Å². The van der Waals surface area contributed by atoms with E-state index in [0.717, 1.165) is 31.8 Å². The monoisotopic (exact) mass is 249 g/mol. The minimum absolute atomic E-state index is 0.0893. The average molecular weight is 249 g/mol. The zero-order valence-electron chi connectivity index (χ0n) is 10.9. The molecule has 2 aliphatic rings. The zero-order valence-corrected chi connectivity index (χ0v) is 10.9. The van der Waals surface area contributed by atoms with Crippen LogP contribution in [0.3, 0.4) is 0 Å². The maximum Gasteiger partial charge on any atom is 0.228 e. The minimum Gasteiger partial charge on any atom is -0.381 e. The maximum atomic E-state index is 12.1. The van der Waals surface area contributed by atoms with Crippen molar-refractivity contribution in [1.82, 2.24) is 14.7 Å². The maximum absolute atomic E-state index is 12.1. The van der Waals surface area contributed by atoms with Gasteiger partial charge in [0.2, 0.25) is 5.91 Å². The third-order valence-electron chi connectivity index (χ3n) is 3.84. The summed E-state index contributed by atoms with van der Waals surface area (Å²) in [6, 6.07) is 2.43. The second-order valence-corrected chi connectivity index (χ2v) is 5.33. The van der Waals surface area contributed by atoms with Gasteiger partial charge in [-0.3, -0.25) is 9.48 Å². The van der Waals surface area contributed by atoms with E-state index in [1.54, 1.807) is 0 Å². The van der Waals surface area contributed by atoms with Crippen molar-refractivity contribution in [1.29, 1.82) is 0 Å². The Morgan fingerprint density at radius 2 is 2.22 bits per heavy atom. The molecule has 98 valence electrons. The number of hydrogen-bond acceptors (Lipinski definition) is 3. The number of carbonyl (C=O) groups excluding carboxylic acids is 1. The molecule has 5 heteroatoms. The van der Waals surface area contributed by atoms with Crippen LogP contribution in [0.25, 0.3) is 0 Å². The number of carbonyl (C=O) groups is 1.